The minimum Gasteiger partial charge on any atom is -0.504 e. The number of benzene rings is 2. The van der Waals surface area contributed by atoms with Gasteiger partial charge in [0.1, 0.15) is 0 Å². The van der Waals surface area contributed by atoms with Gasteiger partial charge in [0.25, 0.3) is 0 Å². The number of aromatic hydroxyl groups is 1. The van der Waals surface area contributed by atoms with Crippen LogP contribution < -0.4 is 15.5 Å². The molecule has 3 N–H and O–H groups in total. The first-order chi connectivity index (χ1) is 12.1. The van der Waals surface area contributed by atoms with Crippen molar-refractivity contribution >= 4 is 23.7 Å². The number of amides is 2. The van der Waals surface area contributed by atoms with Crippen LogP contribution in [-0.2, 0) is 16.0 Å². The lowest BCUT2D eigenvalue weighted by atomic mass is 10.1. The number of phenols is 1. The molecule has 0 atom stereocenters. The number of phenolic OH excluding ortho intramolecular Hbond substituents is 1. The molecule has 0 aromatic heterocycles. The van der Waals surface area contributed by atoms with Gasteiger partial charge in [-0.2, -0.15) is 5.10 Å². The van der Waals surface area contributed by atoms with Crippen LogP contribution in [0.15, 0.2) is 47.6 Å². The largest absolute Gasteiger partial charge is 0.504 e. The quantitative estimate of drug-likeness (QED) is 0.440. The van der Waals surface area contributed by atoms with Crippen LogP contribution in [0.5, 0.6) is 11.5 Å². The molecule has 2 aromatic carbocycles. The molecule has 0 radical (unpaired) electrons. The first-order valence-corrected chi connectivity index (χ1v) is 7.65. The van der Waals surface area contributed by atoms with E-state index in [0.29, 0.717) is 11.3 Å². The lowest BCUT2D eigenvalue weighted by Gasteiger charge is -2.08. The summed E-state index contributed by atoms with van der Waals surface area (Å²) in [5.41, 5.74) is 3.97. The highest BCUT2D eigenvalue weighted by Crippen LogP contribution is 2.27. The number of hydrogen-bond acceptors (Lipinski definition) is 5. The van der Waals surface area contributed by atoms with Crippen molar-refractivity contribution in [3.63, 3.8) is 0 Å². The molecule has 0 saturated heterocycles. The number of para-hydroxylation sites is 2. The fourth-order valence-electron chi connectivity index (χ4n) is 2.15. The van der Waals surface area contributed by atoms with Crippen molar-refractivity contribution in [3.8, 4) is 11.5 Å². The minimum atomic E-state index is -0.912. The van der Waals surface area contributed by atoms with Crippen LogP contribution in [0.25, 0.3) is 0 Å². The highest BCUT2D eigenvalue weighted by molar-refractivity contribution is 6.39. The molecule has 0 aliphatic heterocycles. The summed E-state index contributed by atoms with van der Waals surface area (Å²) >= 11 is 0. The third-order valence-corrected chi connectivity index (χ3v) is 3.47. The molecule has 2 aromatic rings. The molecule has 0 unspecified atom stereocenters. The molecule has 0 heterocycles. The van der Waals surface area contributed by atoms with E-state index >= 15 is 0 Å². The van der Waals surface area contributed by atoms with Crippen molar-refractivity contribution in [3.05, 3.63) is 53.6 Å². The van der Waals surface area contributed by atoms with E-state index < -0.39 is 11.8 Å². The Morgan fingerprint density at radius 3 is 2.64 bits per heavy atom. The van der Waals surface area contributed by atoms with Crippen LogP contribution in [0, 0.1) is 0 Å². The Morgan fingerprint density at radius 1 is 1.16 bits per heavy atom. The number of rotatable bonds is 5. The summed E-state index contributed by atoms with van der Waals surface area (Å²) in [7, 11) is 1.43. The first kappa shape index (κ1) is 18.0. The van der Waals surface area contributed by atoms with Crippen LogP contribution in [-0.4, -0.2) is 30.2 Å². The number of hydrazone groups is 1. The molecular formula is C18H19N3O4. The molecule has 2 rings (SSSR count). The Hall–Kier alpha value is -3.35. The zero-order valence-corrected chi connectivity index (χ0v) is 13.9. The second-order valence-corrected chi connectivity index (χ2v) is 5.06. The number of nitrogens with zero attached hydrogens (tertiary/aromatic N) is 1. The van der Waals surface area contributed by atoms with Crippen LogP contribution in [0.4, 0.5) is 5.69 Å². The predicted molar refractivity (Wildman–Crippen MR) is 94.8 cm³/mol. The van der Waals surface area contributed by atoms with Crippen molar-refractivity contribution in [2.45, 2.75) is 13.3 Å². The third-order valence-electron chi connectivity index (χ3n) is 3.47. The van der Waals surface area contributed by atoms with Crippen molar-refractivity contribution in [2.75, 3.05) is 12.4 Å². The van der Waals surface area contributed by atoms with Gasteiger partial charge < -0.3 is 15.2 Å². The third kappa shape index (κ3) is 4.57. The van der Waals surface area contributed by atoms with E-state index in [1.807, 2.05) is 19.1 Å². The summed E-state index contributed by atoms with van der Waals surface area (Å²) in [6, 6.07) is 12.1. The molecule has 0 saturated carbocycles. The van der Waals surface area contributed by atoms with Crippen molar-refractivity contribution < 1.29 is 19.4 Å². The molecule has 7 heteroatoms. The molecule has 130 valence electrons. The number of aryl methyl sites for hydroxylation is 1. The smallest absolute Gasteiger partial charge is 0.329 e. The summed E-state index contributed by atoms with van der Waals surface area (Å²) in [6.07, 6.45) is 1.95. The Bertz CT molecular complexity index is 803. The number of carbonyl (C=O) groups is 2. The SMILES string of the molecule is CCc1ccccc1NC(=O)C(=O)N/N=C/c1cccc(OC)c1O. The lowest BCUT2D eigenvalue weighted by molar-refractivity contribution is -0.136. The lowest BCUT2D eigenvalue weighted by Crippen LogP contribution is -2.32. The fourth-order valence-corrected chi connectivity index (χ4v) is 2.15. The van der Waals surface area contributed by atoms with Crippen LogP contribution in [0.1, 0.15) is 18.1 Å². The molecule has 7 nitrogen and oxygen atoms in total. The van der Waals surface area contributed by atoms with Gasteiger partial charge in [-0.1, -0.05) is 31.2 Å². The molecule has 25 heavy (non-hydrogen) atoms. The van der Waals surface area contributed by atoms with Crippen LogP contribution >= 0.6 is 0 Å². The van der Waals surface area contributed by atoms with E-state index in [1.54, 1.807) is 30.3 Å². The Balaban J connectivity index is 1.99. The first-order valence-electron chi connectivity index (χ1n) is 7.65. The van der Waals surface area contributed by atoms with Gasteiger partial charge in [0, 0.05) is 11.3 Å². The van der Waals surface area contributed by atoms with E-state index in [9.17, 15) is 14.7 Å². The van der Waals surface area contributed by atoms with E-state index in [1.165, 1.54) is 13.3 Å². The average Bonchev–Trinajstić information content (AvgIpc) is 2.63. The Kier molecular flexibility index (Phi) is 6.11. The second kappa shape index (κ2) is 8.49. The van der Waals surface area contributed by atoms with E-state index in [4.69, 9.17) is 4.74 Å². The predicted octanol–water partition coefficient (Wildman–Crippen LogP) is 2.05. The molecular weight excluding hydrogens is 322 g/mol. The fraction of sp³-hybridized carbons (Fsp3) is 0.167. The standard InChI is InChI=1S/C18H19N3O4/c1-3-12-7-4-5-9-14(12)20-17(23)18(24)21-19-11-13-8-6-10-15(25-2)16(13)22/h4-11,22H,3H2,1-2H3,(H,20,23)(H,21,24)/b19-11+. The molecule has 0 aliphatic rings. The van der Waals surface area contributed by atoms with Crippen molar-refractivity contribution in [1.29, 1.82) is 0 Å². The highest BCUT2D eigenvalue weighted by atomic mass is 16.5. The maximum absolute atomic E-state index is 11.9. The van der Waals surface area contributed by atoms with Gasteiger partial charge in [0.05, 0.1) is 13.3 Å². The minimum absolute atomic E-state index is 0.107. The zero-order chi connectivity index (χ0) is 18.2. The zero-order valence-electron chi connectivity index (χ0n) is 13.9. The van der Waals surface area contributed by atoms with Gasteiger partial charge in [-0.05, 0) is 30.2 Å². The summed E-state index contributed by atoms with van der Waals surface area (Å²) in [6.45, 7) is 1.95. The van der Waals surface area contributed by atoms with E-state index in [-0.39, 0.29) is 11.5 Å². The molecule has 0 aliphatic carbocycles. The van der Waals surface area contributed by atoms with Gasteiger partial charge in [0.2, 0.25) is 0 Å². The molecule has 0 fully saturated rings. The second-order valence-electron chi connectivity index (χ2n) is 5.06. The van der Waals surface area contributed by atoms with Gasteiger partial charge in [-0.15, -0.1) is 0 Å². The maximum atomic E-state index is 11.9. The van der Waals surface area contributed by atoms with Gasteiger partial charge >= 0.3 is 11.8 Å². The van der Waals surface area contributed by atoms with Crippen LogP contribution in [0.2, 0.25) is 0 Å². The summed E-state index contributed by atoms with van der Waals surface area (Å²) in [5.74, 6) is -1.56. The number of carbonyl (C=O) groups excluding carboxylic acids is 2. The van der Waals surface area contributed by atoms with E-state index in [2.05, 4.69) is 15.8 Å². The number of hydrogen-bond donors (Lipinski definition) is 3. The molecule has 0 spiro atoms. The van der Waals surface area contributed by atoms with Gasteiger partial charge in [-0.3, -0.25) is 9.59 Å². The van der Waals surface area contributed by atoms with Gasteiger partial charge in [0.15, 0.2) is 11.5 Å². The van der Waals surface area contributed by atoms with Gasteiger partial charge in [-0.25, -0.2) is 5.43 Å². The van der Waals surface area contributed by atoms with Crippen LogP contribution in [0.3, 0.4) is 0 Å². The normalized spacial score (nSPS) is 10.5. The van der Waals surface area contributed by atoms with Crippen molar-refractivity contribution in [2.24, 2.45) is 5.10 Å². The number of anilines is 1. The number of ether oxygens (including phenoxy) is 1. The monoisotopic (exact) mass is 341 g/mol. The maximum Gasteiger partial charge on any atom is 0.329 e. The number of nitrogens with one attached hydrogen (secondary N) is 2. The highest BCUT2D eigenvalue weighted by Gasteiger charge is 2.14. The molecule has 0 bridgehead atoms. The average molecular weight is 341 g/mol. The van der Waals surface area contributed by atoms with Crippen molar-refractivity contribution in [1.82, 2.24) is 5.43 Å². The summed E-state index contributed by atoms with van der Waals surface area (Å²) in [5, 5.41) is 16.1. The summed E-state index contributed by atoms with van der Waals surface area (Å²) in [4.78, 5) is 23.7. The molecule has 2 amide bonds. The number of methoxy groups -OCH3 is 1. The topological polar surface area (TPSA) is 100 Å². The van der Waals surface area contributed by atoms with E-state index in [0.717, 1.165) is 12.0 Å². The summed E-state index contributed by atoms with van der Waals surface area (Å²) < 4.78 is 4.98. The Labute approximate surface area is 145 Å². The Morgan fingerprint density at radius 2 is 1.92 bits per heavy atom.